The van der Waals surface area contributed by atoms with Crippen LogP contribution in [0.5, 0.6) is 0 Å². The highest BCUT2D eigenvalue weighted by Crippen LogP contribution is 2.15. The molecule has 0 aliphatic rings. The van der Waals surface area contributed by atoms with Crippen LogP contribution < -0.4 is 16.6 Å². The average Bonchev–Trinajstić information content (AvgIpc) is 2.50. The van der Waals surface area contributed by atoms with Crippen molar-refractivity contribution in [2.24, 2.45) is 16.8 Å². The molecule has 0 atom stereocenters. The number of nitrogens with zero attached hydrogens (tertiary/aromatic N) is 2. The number of hydrogen-bond acceptors (Lipinski definition) is 3. The van der Waals surface area contributed by atoms with Crippen molar-refractivity contribution in [3.8, 4) is 0 Å². The van der Waals surface area contributed by atoms with Gasteiger partial charge in [0.05, 0.1) is 5.52 Å². The van der Waals surface area contributed by atoms with Crippen LogP contribution in [0.1, 0.15) is 19.4 Å². The Bertz CT molecular complexity index is 601. The monoisotopic (exact) mass is 285 g/mol. The van der Waals surface area contributed by atoms with Gasteiger partial charge >= 0.3 is 0 Å². The fourth-order valence-corrected chi connectivity index (χ4v) is 2.11. The van der Waals surface area contributed by atoms with Crippen molar-refractivity contribution < 1.29 is 0 Å². The van der Waals surface area contributed by atoms with E-state index in [4.69, 9.17) is 5.84 Å². The van der Waals surface area contributed by atoms with Crippen molar-refractivity contribution in [3.05, 3.63) is 42.1 Å². The normalized spacial score (nSPS) is 11.9. The Hall–Kier alpha value is -2.14. The molecule has 1 heterocycles. The van der Waals surface area contributed by atoms with Gasteiger partial charge in [0.25, 0.3) is 0 Å². The van der Waals surface area contributed by atoms with Gasteiger partial charge in [-0.2, -0.15) is 0 Å². The summed E-state index contributed by atoms with van der Waals surface area (Å²) >= 11 is 0. The van der Waals surface area contributed by atoms with E-state index in [1.807, 2.05) is 12.3 Å². The van der Waals surface area contributed by atoms with Crippen LogP contribution in [0.2, 0.25) is 0 Å². The lowest BCUT2D eigenvalue weighted by Crippen LogP contribution is -2.42. The molecule has 2 rings (SSSR count). The smallest absolute Gasteiger partial charge is 0.205 e. The number of aliphatic imine (C=N–C) groups is 1. The van der Waals surface area contributed by atoms with Crippen LogP contribution >= 0.6 is 0 Å². The summed E-state index contributed by atoms with van der Waals surface area (Å²) in [6.45, 7) is 5.76. The van der Waals surface area contributed by atoms with E-state index in [2.05, 4.69) is 58.8 Å². The zero-order valence-corrected chi connectivity index (χ0v) is 12.6. The number of pyridine rings is 1. The van der Waals surface area contributed by atoms with E-state index in [9.17, 15) is 0 Å². The highest BCUT2D eigenvalue weighted by atomic mass is 15.3. The fraction of sp³-hybridized carbons (Fsp3) is 0.375. The van der Waals surface area contributed by atoms with Gasteiger partial charge < -0.3 is 5.32 Å². The zero-order chi connectivity index (χ0) is 15.1. The molecule has 0 aliphatic heterocycles. The minimum absolute atomic E-state index is 0.511. The summed E-state index contributed by atoms with van der Waals surface area (Å²) in [7, 11) is 0. The number of nitrogens with two attached hydrogens (primary N) is 1. The van der Waals surface area contributed by atoms with Crippen molar-refractivity contribution in [2.45, 2.75) is 20.3 Å². The summed E-state index contributed by atoms with van der Waals surface area (Å²) in [5.41, 5.74) is 4.89. The van der Waals surface area contributed by atoms with Gasteiger partial charge in [0.2, 0.25) is 5.96 Å². The minimum atomic E-state index is 0.511. The lowest BCUT2D eigenvalue weighted by molar-refractivity contribution is 0.657. The number of hydrogen-bond donors (Lipinski definition) is 3. The molecule has 0 aliphatic carbocycles. The quantitative estimate of drug-likeness (QED) is 0.339. The van der Waals surface area contributed by atoms with E-state index < -0.39 is 0 Å². The summed E-state index contributed by atoms with van der Waals surface area (Å²) < 4.78 is 0. The second-order valence-corrected chi connectivity index (χ2v) is 5.40. The van der Waals surface area contributed by atoms with E-state index in [0.717, 1.165) is 25.0 Å². The summed E-state index contributed by atoms with van der Waals surface area (Å²) in [5.74, 6) is 6.62. The SMILES string of the molecule is CC(C)CN=C(NN)NCCc1cccc2cccnc12. The number of rotatable bonds is 5. The molecular formula is C16H23N5. The third-order valence-electron chi connectivity index (χ3n) is 3.15. The molecule has 0 bridgehead atoms. The van der Waals surface area contributed by atoms with Gasteiger partial charge in [0.15, 0.2) is 0 Å². The first-order valence-corrected chi connectivity index (χ1v) is 7.28. The van der Waals surface area contributed by atoms with Crippen LogP contribution in [0.25, 0.3) is 10.9 Å². The molecule has 1 aromatic carbocycles. The molecule has 5 heteroatoms. The predicted molar refractivity (Wildman–Crippen MR) is 87.9 cm³/mol. The number of benzene rings is 1. The Morgan fingerprint density at radius 1 is 1.29 bits per heavy atom. The molecule has 0 unspecified atom stereocenters. The topological polar surface area (TPSA) is 75.3 Å². The summed E-state index contributed by atoms with van der Waals surface area (Å²) in [6, 6.07) is 10.3. The van der Waals surface area contributed by atoms with Gasteiger partial charge in [-0.3, -0.25) is 15.4 Å². The van der Waals surface area contributed by atoms with Crippen molar-refractivity contribution in [2.75, 3.05) is 13.1 Å². The van der Waals surface area contributed by atoms with Crippen molar-refractivity contribution in [1.29, 1.82) is 0 Å². The molecule has 112 valence electrons. The van der Waals surface area contributed by atoms with Crippen LogP contribution in [-0.4, -0.2) is 24.0 Å². The van der Waals surface area contributed by atoms with E-state index >= 15 is 0 Å². The summed E-state index contributed by atoms with van der Waals surface area (Å²) in [4.78, 5) is 8.85. The van der Waals surface area contributed by atoms with Crippen LogP contribution in [0.15, 0.2) is 41.5 Å². The van der Waals surface area contributed by atoms with Crippen LogP contribution in [0.3, 0.4) is 0 Å². The molecule has 0 saturated heterocycles. The van der Waals surface area contributed by atoms with Gasteiger partial charge in [0.1, 0.15) is 0 Å². The maximum atomic E-state index is 5.47. The third kappa shape index (κ3) is 4.43. The first-order valence-electron chi connectivity index (χ1n) is 7.28. The predicted octanol–water partition coefficient (Wildman–Crippen LogP) is 1.84. The molecule has 4 N–H and O–H groups in total. The van der Waals surface area contributed by atoms with Gasteiger partial charge in [0, 0.05) is 24.7 Å². The standard InChI is InChI=1S/C16H23N5/c1-12(2)11-20-16(21-17)19-10-8-14-6-3-5-13-7-4-9-18-15(13)14/h3-7,9,12H,8,10-11,17H2,1-2H3,(H2,19,20,21). The lowest BCUT2D eigenvalue weighted by Gasteiger charge is -2.11. The molecule has 0 fully saturated rings. The number of para-hydroxylation sites is 1. The first kappa shape index (κ1) is 15.3. The number of fused-ring (bicyclic) bond motifs is 1. The lowest BCUT2D eigenvalue weighted by atomic mass is 10.1. The average molecular weight is 285 g/mol. The van der Waals surface area contributed by atoms with Gasteiger partial charge in [-0.1, -0.05) is 38.1 Å². The van der Waals surface area contributed by atoms with Crippen molar-refractivity contribution in [1.82, 2.24) is 15.7 Å². The Kier molecular flexibility index (Phi) is 5.51. The van der Waals surface area contributed by atoms with Crippen molar-refractivity contribution in [3.63, 3.8) is 0 Å². The number of aromatic nitrogens is 1. The van der Waals surface area contributed by atoms with Crippen LogP contribution in [0.4, 0.5) is 0 Å². The Morgan fingerprint density at radius 3 is 2.86 bits per heavy atom. The molecule has 1 aromatic heterocycles. The zero-order valence-electron chi connectivity index (χ0n) is 12.6. The highest BCUT2D eigenvalue weighted by Gasteiger charge is 2.02. The molecule has 0 radical (unpaired) electrons. The Labute approximate surface area is 125 Å². The summed E-state index contributed by atoms with van der Waals surface area (Å²) in [6.07, 6.45) is 2.70. The Morgan fingerprint density at radius 2 is 2.10 bits per heavy atom. The summed E-state index contributed by atoms with van der Waals surface area (Å²) in [5, 5.41) is 4.39. The molecule has 2 aromatic rings. The second-order valence-electron chi connectivity index (χ2n) is 5.40. The second kappa shape index (κ2) is 7.59. The molecule has 0 amide bonds. The van der Waals surface area contributed by atoms with Crippen LogP contribution in [0, 0.1) is 5.92 Å². The van der Waals surface area contributed by atoms with E-state index in [-0.39, 0.29) is 0 Å². The maximum absolute atomic E-state index is 5.47. The van der Waals surface area contributed by atoms with Gasteiger partial charge in [-0.25, -0.2) is 5.84 Å². The molecule has 5 nitrogen and oxygen atoms in total. The molecule has 21 heavy (non-hydrogen) atoms. The molecular weight excluding hydrogens is 262 g/mol. The minimum Gasteiger partial charge on any atom is -0.355 e. The number of nitrogens with one attached hydrogen (secondary N) is 2. The molecule has 0 spiro atoms. The van der Waals surface area contributed by atoms with Crippen molar-refractivity contribution >= 4 is 16.9 Å². The van der Waals surface area contributed by atoms with Gasteiger partial charge in [-0.15, -0.1) is 0 Å². The Balaban J connectivity index is 1.97. The fourth-order valence-electron chi connectivity index (χ4n) is 2.11. The van der Waals surface area contributed by atoms with Gasteiger partial charge in [-0.05, 0) is 24.0 Å². The third-order valence-corrected chi connectivity index (χ3v) is 3.15. The van der Waals surface area contributed by atoms with E-state index in [1.165, 1.54) is 10.9 Å². The van der Waals surface area contributed by atoms with E-state index in [0.29, 0.717) is 11.9 Å². The highest BCUT2D eigenvalue weighted by molar-refractivity contribution is 5.82. The van der Waals surface area contributed by atoms with E-state index in [1.54, 1.807) is 0 Å². The first-order chi connectivity index (χ1) is 10.2. The largest absolute Gasteiger partial charge is 0.355 e. The maximum Gasteiger partial charge on any atom is 0.205 e. The van der Waals surface area contributed by atoms with Crippen LogP contribution in [-0.2, 0) is 6.42 Å². The number of guanidine groups is 1. The number of hydrazine groups is 1. The molecule has 0 saturated carbocycles.